The van der Waals surface area contributed by atoms with Crippen molar-refractivity contribution in [3.05, 3.63) is 212 Å². The van der Waals surface area contributed by atoms with Gasteiger partial charge in [0, 0.05) is 11.8 Å². The SMILES string of the molecule is [2H]c1c([2H])c([2H])c(-c2cccc(-c3c([2H])c([2H])c([2H])c([2H])c3[2H])c2-[n+]2[c-]n(-c3cccc(Oc4cccc(B5c6ncccc6-c6cccc7cccc5c67)c4)c3)c3ccccc32)c([2H])c1[2H]. The van der Waals surface area contributed by atoms with Crippen molar-refractivity contribution in [2.24, 2.45) is 0 Å². The smallest absolute Gasteiger partial charge is 0.269 e. The third kappa shape index (κ3) is 5.63. The van der Waals surface area contributed by atoms with E-state index in [0.717, 1.165) is 27.6 Å². The molecule has 0 N–H and O–H groups in total. The third-order valence-electron chi connectivity index (χ3n) is 10.5. The van der Waals surface area contributed by atoms with E-state index < -0.39 is 60.4 Å². The van der Waals surface area contributed by atoms with Crippen molar-refractivity contribution < 1.29 is 23.0 Å². The molecule has 1 aliphatic rings. The molecule has 266 valence electrons. The normalized spacial score (nSPS) is 14.3. The monoisotopic (exact) mass is 737 g/mol. The fourth-order valence-electron chi connectivity index (χ4n) is 8.15. The number of nitrogens with zero attached hydrogens (tertiary/aromatic N) is 3. The van der Waals surface area contributed by atoms with E-state index in [0.29, 0.717) is 28.2 Å². The zero-order valence-electron chi connectivity index (χ0n) is 40.2. The summed E-state index contributed by atoms with van der Waals surface area (Å²) in [5, 5.41) is 2.37. The number of aromatic nitrogens is 3. The third-order valence-corrected chi connectivity index (χ3v) is 10.5. The number of para-hydroxylation sites is 3. The number of benzene rings is 8. The summed E-state index contributed by atoms with van der Waals surface area (Å²) in [5.41, 5.74) is 7.55. The summed E-state index contributed by atoms with van der Waals surface area (Å²) < 4.78 is 96.8. The highest BCUT2D eigenvalue weighted by Crippen LogP contribution is 2.35. The van der Waals surface area contributed by atoms with Crippen molar-refractivity contribution in [1.29, 1.82) is 0 Å². The molecule has 11 rings (SSSR count). The van der Waals surface area contributed by atoms with Crippen LogP contribution in [0.5, 0.6) is 11.5 Å². The topological polar surface area (TPSA) is 30.9 Å². The molecule has 8 aromatic carbocycles. The molecule has 5 heteroatoms. The van der Waals surface area contributed by atoms with Crippen LogP contribution in [0.4, 0.5) is 0 Å². The van der Waals surface area contributed by atoms with Crippen LogP contribution in [0.1, 0.15) is 13.7 Å². The Hall–Kier alpha value is -7.50. The number of pyridine rings is 1. The number of imidazole rings is 1. The van der Waals surface area contributed by atoms with Gasteiger partial charge in [0.25, 0.3) is 13.0 Å². The van der Waals surface area contributed by atoms with Crippen molar-refractivity contribution in [3.8, 4) is 56.3 Å². The van der Waals surface area contributed by atoms with Gasteiger partial charge in [-0.1, -0.05) is 174 Å². The van der Waals surface area contributed by atoms with Gasteiger partial charge in [-0.2, -0.15) is 0 Å². The van der Waals surface area contributed by atoms with Crippen LogP contribution in [0.15, 0.2) is 206 Å². The molecular weight excluding hydrogens is 693 g/mol. The van der Waals surface area contributed by atoms with Crippen molar-refractivity contribution in [2.45, 2.75) is 0 Å². The summed E-state index contributed by atoms with van der Waals surface area (Å²) in [6, 6.07) is 39.4. The van der Waals surface area contributed by atoms with Crippen LogP contribution < -0.4 is 25.8 Å². The van der Waals surface area contributed by atoms with Crippen LogP contribution >= 0.6 is 0 Å². The van der Waals surface area contributed by atoms with Crippen LogP contribution in [-0.4, -0.2) is 16.3 Å². The minimum absolute atomic E-state index is 0.126. The summed E-state index contributed by atoms with van der Waals surface area (Å²) in [6.45, 7) is -0.140. The molecule has 0 fully saturated rings. The fraction of sp³-hybridized carbons (Fsp3) is 0. The molecule has 0 saturated heterocycles. The Morgan fingerprint density at radius 2 is 1.25 bits per heavy atom. The zero-order chi connectivity index (χ0) is 46.4. The Labute approximate surface area is 345 Å². The first-order valence-corrected chi connectivity index (χ1v) is 18.5. The van der Waals surface area contributed by atoms with Crippen LogP contribution in [-0.2, 0) is 0 Å². The fourth-order valence-corrected chi connectivity index (χ4v) is 8.15. The Kier molecular flexibility index (Phi) is 5.78. The molecule has 0 spiro atoms. The molecule has 0 radical (unpaired) electrons. The largest absolute Gasteiger partial charge is 0.458 e. The van der Waals surface area contributed by atoms with Gasteiger partial charge in [-0.3, -0.25) is 14.1 Å². The van der Waals surface area contributed by atoms with Crippen molar-refractivity contribution in [1.82, 2.24) is 9.55 Å². The van der Waals surface area contributed by atoms with Gasteiger partial charge in [-0.15, -0.1) is 0 Å². The minimum Gasteiger partial charge on any atom is -0.458 e. The summed E-state index contributed by atoms with van der Waals surface area (Å²) in [7, 11) is 0. The van der Waals surface area contributed by atoms with Gasteiger partial charge in [0.2, 0.25) is 0 Å². The molecule has 0 bridgehead atoms. The average Bonchev–Trinajstić information content (AvgIpc) is 3.74. The highest BCUT2D eigenvalue weighted by atomic mass is 16.5. The first-order valence-electron chi connectivity index (χ1n) is 23.5. The molecule has 10 aromatic rings. The van der Waals surface area contributed by atoms with Gasteiger partial charge in [0.1, 0.15) is 11.5 Å². The maximum absolute atomic E-state index is 8.99. The lowest BCUT2D eigenvalue weighted by Crippen LogP contribution is -2.55. The number of hydrogen-bond acceptors (Lipinski definition) is 2. The summed E-state index contributed by atoms with van der Waals surface area (Å²) in [6.07, 6.45) is 5.27. The summed E-state index contributed by atoms with van der Waals surface area (Å²) in [4.78, 5) is 4.92. The molecule has 3 heterocycles. The maximum Gasteiger partial charge on any atom is 0.269 e. The second kappa shape index (κ2) is 13.7. The Morgan fingerprint density at radius 1 is 0.596 bits per heavy atom. The average molecular weight is 738 g/mol. The molecule has 0 amide bonds. The molecule has 0 saturated carbocycles. The van der Waals surface area contributed by atoms with E-state index in [4.69, 9.17) is 23.4 Å². The summed E-state index contributed by atoms with van der Waals surface area (Å²) in [5.74, 6) is 1.15. The lowest BCUT2D eigenvalue weighted by atomic mass is 9.35. The molecule has 0 aliphatic carbocycles. The highest BCUT2D eigenvalue weighted by molar-refractivity contribution is 6.98. The van der Waals surface area contributed by atoms with Crippen LogP contribution in [0.2, 0.25) is 0 Å². The molecule has 0 atom stereocenters. The quantitative estimate of drug-likeness (QED) is 0.0927. The van der Waals surface area contributed by atoms with Gasteiger partial charge < -0.3 is 4.74 Å². The molecule has 4 nitrogen and oxygen atoms in total. The van der Waals surface area contributed by atoms with Gasteiger partial charge in [0.15, 0.2) is 0 Å². The number of hydrogen-bond donors (Lipinski definition) is 0. The molecular formula is C52H34BN3O. The summed E-state index contributed by atoms with van der Waals surface area (Å²) >= 11 is 0. The Bertz CT molecular complexity index is 3580. The van der Waals surface area contributed by atoms with Gasteiger partial charge in [0.05, 0.1) is 36.1 Å². The first kappa shape index (κ1) is 24.1. The van der Waals surface area contributed by atoms with Gasteiger partial charge >= 0.3 is 0 Å². The van der Waals surface area contributed by atoms with E-state index in [1.807, 2.05) is 79.0 Å². The number of rotatable bonds is 7. The Balaban J connectivity index is 1.06. The van der Waals surface area contributed by atoms with E-state index in [1.165, 1.54) is 10.8 Å². The Morgan fingerprint density at radius 3 is 2.04 bits per heavy atom. The lowest BCUT2D eigenvalue weighted by Gasteiger charge is -2.26. The molecule has 0 unspecified atom stereocenters. The van der Waals surface area contributed by atoms with E-state index in [9.17, 15) is 0 Å². The molecule has 57 heavy (non-hydrogen) atoms. The van der Waals surface area contributed by atoms with Crippen LogP contribution in [0.3, 0.4) is 0 Å². The van der Waals surface area contributed by atoms with E-state index >= 15 is 0 Å². The number of fused-ring (bicyclic) bond motifs is 3. The standard InChI is InChI=1S/C52H34BN3O/c1-3-15-36(16-4-1)43-25-13-26-44(37-17-5-2-6-18-37)51(43)56-35-55(48-30-7-8-31-49(48)56)40-22-12-24-42(34-40)57-41-23-11-21-39(33-41)53-47-29-10-20-38-19-9-27-45(50(38)47)46-28-14-32-54-52(46)53/h1-34H/i1D,2D,3D,4D,5D,6D,15D,16D,17D,18D. The van der Waals surface area contributed by atoms with E-state index in [-0.39, 0.29) is 34.7 Å². The second-order valence-corrected chi connectivity index (χ2v) is 13.8. The molecule has 2 aromatic heterocycles. The van der Waals surface area contributed by atoms with E-state index in [1.54, 1.807) is 27.3 Å². The predicted molar refractivity (Wildman–Crippen MR) is 233 cm³/mol. The van der Waals surface area contributed by atoms with Crippen LogP contribution in [0, 0.1) is 6.33 Å². The van der Waals surface area contributed by atoms with Crippen molar-refractivity contribution >= 4 is 45.0 Å². The highest BCUT2D eigenvalue weighted by Gasteiger charge is 2.33. The maximum atomic E-state index is 8.99. The lowest BCUT2D eigenvalue weighted by molar-refractivity contribution is -0.571. The zero-order valence-corrected chi connectivity index (χ0v) is 30.2. The van der Waals surface area contributed by atoms with Crippen LogP contribution in [0.25, 0.3) is 66.6 Å². The molecule has 1 aliphatic heterocycles. The predicted octanol–water partition coefficient (Wildman–Crippen LogP) is 9.88. The first-order chi connectivity index (χ1) is 32.4. The minimum atomic E-state index is -0.563. The van der Waals surface area contributed by atoms with Gasteiger partial charge in [-0.25, -0.2) is 0 Å². The van der Waals surface area contributed by atoms with Crippen molar-refractivity contribution in [2.75, 3.05) is 0 Å². The van der Waals surface area contributed by atoms with Crippen molar-refractivity contribution in [3.63, 3.8) is 0 Å². The second-order valence-electron chi connectivity index (χ2n) is 13.8. The number of ether oxygens (including phenoxy) is 1. The van der Waals surface area contributed by atoms with Gasteiger partial charge in [-0.05, 0) is 80.6 Å². The van der Waals surface area contributed by atoms with E-state index in [2.05, 4.69) is 54.9 Å².